The zero-order valence-electron chi connectivity index (χ0n) is 16.4. The number of ether oxygens (including phenoxy) is 3. The van der Waals surface area contributed by atoms with Crippen molar-refractivity contribution in [2.24, 2.45) is 0 Å². The second kappa shape index (κ2) is 10.7. The SMILES string of the molecule is CCCOc1ccc(OCC(=O)Nc2ccc(CN3CCOCC3)cc2)cc1. The summed E-state index contributed by atoms with van der Waals surface area (Å²) in [5.41, 5.74) is 1.99. The number of hydrogen-bond acceptors (Lipinski definition) is 5. The molecule has 150 valence electrons. The second-order valence-electron chi connectivity index (χ2n) is 6.74. The van der Waals surface area contributed by atoms with E-state index in [2.05, 4.69) is 17.1 Å². The predicted octanol–water partition coefficient (Wildman–Crippen LogP) is 3.33. The molecular weight excluding hydrogens is 356 g/mol. The first-order valence-corrected chi connectivity index (χ1v) is 9.77. The zero-order valence-corrected chi connectivity index (χ0v) is 16.4. The van der Waals surface area contributed by atoms with Gasteiger partial charge in [0.2, 0.25) is 0 Å². The van der Waals surface area contributed by atoms with E-state index in [0.29, 0.717) is 12.4 Å². The molecule has 0 unspecified atom stereocenters. The first-order valence-electron chi connectivity index (χ1n) is 9.77. The highest BCUT2D eigenvalue weighted by Crippen LogP contribution is 2.18. The molecule has 0 radical (unpaired) electrons. The van der Waals surface area contributed by atoms with Crippen molar-refractivity contribution in [3.63, 3.8) is 0 Å². The third-order valence-corrected chi connectivity index (χ3v) is 4.41. The molecule has 1 N–H and O–H groups in total. The Bertz CT molecular complexity index is 725. The van der Waals surface area contributed by atoms with Crippen LogP contribution in [0.15, 0.2) is 48.5 Å². The summed E-state index contributed by atoms with van der Waals surface area (Å²) in [4.78, 5) is 14.5. The molecule has 28 heavy (non-hydrogen) atoms. The molecule has 6 nitrogen and oxygen atoms in total. The summed E-state index contributed by atoms with van der Waals surface area (Å²) in [7, 11) is 0. The van der Waals surface area contributed by atoms with E-state index in [0.717, 1.165) is 50.7 Å². The van der Waals surface area contributed by atoms with Crippen molar-refractivity contribution in [1.82, 2.24) is 4.90 Å². The molecular formula is C22H28N2O4. The Kier molecular flexibility index (Phi) is 7.70. The van der Waals surface area contributed by atoms with Crippen LogP contribution in [0.3, 0.4) is 0 Å². The summed E-state index contributed by atoms with van der Waals surface area (Å²) in [6.45, 7) is 7.12. The van der Waals surface area contributed by atoms with Gasteiger partial charge in [-0.25, -0.2) is 0 Å². The lowest BCUT2D eigenvalue weighted by Gasteiger charge is -2.26. The maximum absolute atomic E-state index is 12.1. The van der Waals surface area contributed by atoms with Crippen LogP contribution < -0.4 is 14.8 Å². The van der Waals surface area contributed by atoms with Crippen LogP contribution in [0.1, 0.15) is 18.9 Å². The van der Waals surface area contributed by atoms with Gasteiger partial charge in [0, 0.05) is 25.3 Å². The molecule has 0 spiro atoms. The summed E-state index contributed by atoms with van der Waals surface area (Å²) < 4.78 is 16.4. The minimum atomic E-state index is -0.188. The maximum Gasteiger partial charge on any atom is 0.262 e. The number of amides is 1. The van der Waals surface area contributed by atoms with Crippen molar-refractivity contribution in [1.29, 1.82) is 0 Å². The smallest absolute Gasteiger partial charge is 0.262 e. The van der Waals surface area contributed by atoms with Crippen LogP contribution >= 0.6 is 0 Å². The number of benzene rings is 2. The van der Waals surface area contributed by atoms with Crippen LogP contribution in [0.4, 0.5) is 5.69 Å². The van der Waals surface area contributed by atoms with Gasteiger partial charge in [-0.05, 0) is 48.4 Å². The monoisotopic (exact) mass is 384 g/mol. The highest BCUT2D eigenvalue weighted by atomic mass is 16.5. The molecule has 0 atom stereocenters. The van der Waals surface area contributed by atoms with Crippen molar-refractivity contribution < 1.29 is 19.0 Å². The van der Waals surface area contributed by atoms with Crippen LogP contribution in [0, 0.1) is 0 Å². The molecule has 1 saturated heterocycles. The predicted molar refractivity (Wildman–Crippen MR) is 109 cm³/mol. The summed E-state index contributed by atoms with van der Waals surface area (Å²) in [6.07, 6.45) is 0.965. The summed E-state index contributed by atoms with van der Waals surface area (Å²) in [5.74, 6) is 1.25. The molecule has 3 rings (SSSR count). The number of anilines is 1. The molecule has 1 fully saturated rings. The van der Waals surface area contributed by atoms with Crippen LogP contribution in [-0.4, -0.2) is 50.3 Å². The van der Waals surface area contributed by atoms with Gasteiger partial charge in [-0.1, -0.05) is 19.1 Å². The Morgan fingerprint density at radius 3 is 2.29 bits per heavy atom. The molecule has 1 aliphatic rings. The Morgan fingerprint density at radius 1 is 1.00 bits per heavy atom. The third kappa shape index (κ3) is 6.55. The molecule has 6 heteroatoms. The van der Waals surface area contributed by atoms with Crippen LogP contribution in [0.5, 0.6) is 11.5 Å². The summed E-state index contributed by atoms with van der Waals surface area (Å²) >= 11 is 0. The number of carbonyl (C=O) groups is 1. The minimum Gasteiger partial charge on any atom is -0.494 e. The fourth-order valence-corrected chi connectivity index (χ4v) is 2.91. The van der Waals surface area contributed by atoms with E-state index in [1.54, 1.807) is 12.1 Å². The van der Waals surface area contributed by atoms with Crippen molar-refractivity contribution in [3.05, 3.63) is 54.1 Å². The Labute approximate surface area is 166 Å². The average Bonchev–Trinajstić information content (AvgIpc) is 2.74. The molecule has 0 saturated carbocycles. The number of rotatable bonds is 9. The van der Waals surface area contributed by atoms with Gasteiger partial charge in [-0.2, -0.15) is 0 Å². The largest absolute Gasteiger partial charge is 0.494 e. The molecule has 1 amide bonds. The van der Waals surface area contributed by atoms with Crippen LogP contribution in [0.25, 0.3) is 0 Å². The van der Waals surface area contributed by atoms with E-state index in [9.17, 15) is 4.79 Å². The van der Waals surface area contributed by atoms with E-state index >= 15 is 0 Å². The van der Waals surface area contributed by atoms with Gasteiger partial charge in [0.15, 0.2) is 6.61 Å². The van der Waals surface area contributed by atoms with Gasteiger partial charge in [0.1, 0.15) is 11.5 Å². The van der Waals surface area contributed by atoms with E-state index in [1.807, 2.05) is 36.4 Å². The highest BCUT2D eigenvalue weighted by molar-refractivity contribution is 5.91. The quantitative estimate of drug-likeness (QED) is 0.719. The van der Waals surface area contributed by atoms with E-state index in [4.69, 9.17) is 14.2 Å². The van der Waals surface area contributed by atoms with Crippen LogP contribution in [-0.2, 0) is 16.1 Å². The van der Waals surface area contributed by atoms with E-state index < -0.39 is 0 Å². The van der Waals surface area contributed by atoms with Gasteiger partial charge in [0.05, 0.1) is 19.8 Å². The molecule has 1 heterocycles. The molecule has 2 aromatic carbocycles. The van der Waals surface area contributed by atoms with Gasteiger partial charge < -0.3 is 19.5 Å². The fraction of sp³-hybridized carbons (Fsp3) is 0.409. The molecule has 0 bridgehead atoms. The lowest BCUT2D eigenvalue weighted by Crippen LogP contribution is -2.35. The fourth-order valence-electron chi connectivity index (χ4n) is 2.91. The van der Waals surface area contributed by atoms with Gasteiger partial charge in [0.25, 0.3) is 5.91 Å². The third-order valence-electron chi connectivity index (χ3n) is 4.41. The van der Waals surface area contributed by atoms with Gasteiger partial charge in [-0.15, -0.1) is 0 Å². The Morgan fingerprint density at radius 2 is 1.64 bits per heavy atom. The lowest BCUT2D eigenvalue weighted by atomic mass is 10.2. The molecule has 1 aliphatic heterocycles. The van der Waals surface area contributed by atoms with E-state index in [-0.39, 0.29) is 12.5 Å². The van der Waals surface area contributed by atoms with Crippen LogP contribution in [0.2, 0.25) is 0 Å². The zero-order chi connectivity index (χ0) is 19.6. The average molecular weight is 384 g/mol. The van der Waals surface area contributed by atoms with Gasteiger partial charge in [-0.3, -0.25) is 9.69 Å². The van der Waals surface area contributed by atoms with Crippen molar-refractivity contribution in [2.45, 2.75) is 19.9 Å². The standard InChI is InChI=1S/C22H28N2O4/c1-2-13-27-20-7-9-21(10-8-20)28-17-22(25)23-19-5-3-18(4-6-19)16-24-11-14-26-15-12-24/h3-10H,2,11-17H2,1H3,(H,23,25). The Hall–Kier alpha value is -2.57. The lowest BCUT2D eigenvalue weighted by molar-refractivity contribution is -0.118. The number of hydrogen-bond donors (Lipinski definition) is 1. The second-order valence-corrected chi connectivity index (χ2v) is 6.74. The summed E-state index contributed by atoms with van der Waals surface area (Å²) in [6, 6.07) is 15.2. The van der Waals surface area contributed by atoms with Crippen molar-refractivity contribution in [2.75, 3.05) is 44.8 Å². The summed E-state index contributed by atoms with van der Waals surface area (Å²) in [5, 5.41) is 2.86. The van der Waals surface area contributed by atoms with Crippen molar-refractivity contribution >= 4 is 11.6 Å². The number of nitrogens with zero attached hydrogens (tertiary/aromatic N) is 1. The highest BCUT2D eigenvalue weighted by Gasteiger charge is 2.11. The molecule has 0 aliphatic carbocycles. The van der Waals surface area contributed by atoms with Gasteiger partial charge >= 0.3 is 0 Å². The minimum absolute atomic E-state index is 0.0370. The Balaban J connectivity index is 1.41. The maximum atomic E-state index is 12.1. The first kappa shape index (κ1) is 20.2. The normalized spacial score (nSPS) is 14.5. The number of carbonyl (C=O) groups excluding carboxylic acids is 1. The molecule has 0 aromatic heterocycles. The number of morpholine rings is 1. The first-order chi connectivity index (χ1) is 13.7. The number of nitrogens with one attached hydrogen (secondary N) is 1. The molecule has 2 aromatic rings. The van der Waals surface area contributed by atoms with E-state index in [1.165, 1.54) is 5.56 Å². The van der Waals surface area contributed by atoms with Crippen molar-refractivity contribution in [3.8, 4) is 11.5 Å². The topological polar surface area (TPSA) is 60.0 Å².